The number of hydrogen-bond donors (Lipinski definition) is 0. The molecule has 0 saturated heterocycles. The molecule has 0 bridgehead atoms. The van der Waals surface area contributed by atoms with Crippen LogP contribution in [0.25, 0.3) is 0 Å². The zero-order valence-corrected chi connectivity index (χ0v) is 19.4. The van der Waals surface area contributed by atoms with E-state index in [9.17, 15) is 9.59 Å². The lowest BCUT2D eigenvalue weighted by atomic mass is 9.90. The molecule has 0 aliphatic carbocycles. The van der Waals surface area contributed by atoms with Crippen molar-refractivity contribution in [2.45, 2.75) is 106 Å². The molecule has 28 heavy (non-hydrogen) atoms. The topological polar surface area (TPSA) is 52.6 Å². The van der Waals surface area contributed by atoms with Crippen LogP contribution in [-0.2, 0) is 19.1 Å². The van der Waals surface area contributed by atoms with Crippen molar-refractivity contribution in [3.8, 4) is 0 Å². The van der Waals surface area contributed by atoms with Gasteiger partial charge in [0.15, 0.2) is 0 Å². The molecule has 0 aliphatic heterocycles. The SMILES string of the molecule is CC(C)CCOC(=O)CCCCCCCCC(C)C(C)C(=O)OCCC(C)C. The summed E-state index contributed by atoms with van der Waals surface area (Å²) in [7, 11) is 0. The fraction of sp³-hybridized carbons (Fsp3) is 0.917. The first-order valence-electron chi connectivity index (χ1n) is 11.6. The predicted molar refractivity (Wildman–Crippen MR) is 116 cm³/mol. The maximum atomic E-state index is 12.1. The van der Waals surface area contributed by atoms with E-state index in [0.29, 0.717) is 37.4 Å². The van der Waals surface area contributed by atoms with Crippen molar-refractivity contribution < 1.29 is 19.1 Å². The van der Waals surface area contributed by atoms with E-state index < -0.39 is 0 Å². The van der Waals surface area contributed by atoms with Gasteiger partial charge in [0.05, 0.1) is 19.1 Å². The maximum absolute atomic E-state index is 12.1. The second kappa shape index (κ2) is 16.9. The number of hydrogen-bond acceptors (Lipinski definition) is 4. The second-order valence-electron chi connectivity index (χ2n) is 9.18. The molecule has 0 spiro atoms. The second-order valence-corrected chi connectivity index (χ2v) is 9.18. The van der Waals surface area contributed by atoms with Crippen LogP contribution in [0.2, 0.25) is 0 Å². The van der Waals surface area contributed by atoms with Gasteiger partial charge >= 0.3 is 11.9 Å². The fourth-order valence-electron chi connectivity index (χ4n) is 2.93. The lowest BCUT2D eigenvalue weighted by Gasteiger charge is -2.19. The Bertz CT molecular complexity index is 403. The Hall–Kier alpha value is -1.06. The average molecular weight is 399 g/mol. The zero-order valence-electron chi connectivity index (χ0n) is 19.4. The molecule has 4 nitrogen and oxygen atoms in total. The standard InChI is InChI=1S/C24H46O4/c1-19(2)15-17-27-23(25)14-12-10-8-7-9-11-13-21(5)22(6)24(26)28-18-16-20(3)4/h19-22H,7-18H2,1-6H3. The number of carbonyl (C=O) groups is 2. The van der Waals surface area contributed by atoms with Crippen LogP contribution in [-0.4, -0.2) is 25.2 Å². The van der Waals surface area contributed by atoms with Crippen LogP contribution < -0.4 is 0 Å². The summed E-state index contributed by atoms with van der Waals surface area (Å²) in [5.41, 5.74) is 0. The highest BCUT2D eigenvalue weighted by atomic mass is 16.5. The zero-order chi connectivity index (χ0) is 21.4. The highest BCUT2D eigenvalue weighted by Crippen LogP contribution is 2.21. The monoisotopic (exact) mass is 398 g/mol. The molecule has 0 rings (SSSR count). The van der Waals surface area contributed by atoms with Gasteiger partial charge in [-0.1, -0.05) is 73.6 Å². The van der Waals surface area contributed by atoms with E-state index in [4.69, 9.17) is 9.47 Å². The summed E-state index contributed by atoms with van der Waals surface area (Å²) in [4.78, 5) is 23.7. The van der Waals surface area contributed by atoms with E-state index >= 15 is 0 Å². The Labute approximate surface area is 174 Å². The van der Waals surface area contributed by atoms with Crippen LogP contribution in [0, 0.1) is 23.7 Å². The first-order valence-corrected chi connectivity index (χ1v) is 11.6. The highest BCUT2D eigenvalue weighted by Gasteiger charge is 2.21. The Morgan fingerprint density at radius 2 is 1.14 bits per heavy atom. The molecule has 166 valence electrons. The third-order valence-corrected chi connectivity index (χ3v) is 5.41. The van der Waals surface area contributed by atoms with Crippen molar-refractivity contribution in [1.29, 1.82) is 0 Å². The molecule has 4 heteroatoms. The van der Waals surface area contributed by atoms with Gasteiger partial charge in [-0.25, -0.2) is 0 Å². The average Bonchev–Trinajstić information content (AvgIpc) is 2.62. The van der Waals surface area contributed by atoms with Crippen molar-refractivity contribution >= 4 is 11.9 Å². The van der Waals surface area contributed by atoms with Gasteiger partial charge in [-0.15, -0.1) is 0 Å². The van der Waals surface area contributed by atoms with E-state index in [2.05, 4.69) is 34.6 Å². The van der Waals surface area contributed by atoms with Gasteiger partial charge < -0.3 is 9.47 Å². The Morgan fingerprint density at radius 3 is 1.71 bits per heavy atom. The molecule has 0 radical (unpaired) electrons. The van der Waals surface area contributed by atoms with E-state index in [-0.39, 0.29) is 17.9 Å². The smallest absolute Gasteiger partial charge is 0.308 e. The van der Waals surface area contributed by atoms with Gasteiger partial charge in [0.2, 0.25) is 0 Å². The summed E-state index contributed by atoms with van der Waals surface area (Å²) >= 11 is 0. The fourth-order valence-corrected chi connectivity index (χ4v) is 2.93. The first kappa shape index (κ1) is 26.9. The van der Waals surface area contributed by atoms with Gasteiger partial charge in [0, 0.05) is 6.42 Å². The van der Waals surface area contributed by atoms with Gasteiger partial charge in [-0.2, -0.15) is 0 Å². The predicted octanol–water partition coefficient (Wildman–Crippen LogP) is 6.56. The minimum absolute atomic E-state index is 0.0196. The molecule has 0 fully saturated rings. The van der Waals surface area contributed by atoms with Crippen LogP contribution in [0.1, 0.15) is 106 Å². The maximum Gasteiger partial charge on any atom is 0.308 e. The number of carbonyl (C=O) groups excluding carboxylic acids is 2. The van der Waals surface area contributed by atoms with Crippen LogP contribution in [0.15, 0.2) is 0 Å². The highest BCUT2D eigenvalue weighted by molar-refractivity contribution is 5.72. The molecule has 0 aromatic rings. The Morgan fingerprint density at radius 1 is 0.643 bits per heavy atom. The summed E-state index contributed by atoms with van der Waals surface area (Å²) < 4.78 is 10.6. The molecule has 0 amide bonds. The molecule has 0 N–H and O–H groups in total. The lowest BCUT2D eigenvalue weighted by Crippen LogP contribution is -2.22. The third-order valence-electron chi connectivity index (χ3n) is 5.41. The molecule has 2 atom stereocenters. The minimum Gasteiger partial charge on any atom is -0.466 e. The molecular formula is C24H46O4. The largest absolute Gasteiger partial charge is 0.466 e. The van der Waals surface area contributed by atoms with E-state index in [1.165, 1.54) is 19.3 Å². The summed E-state index contributed by atoms with van der Waals surface area (Å²) in [6.45, 7) is 13.8. The number of unbranched alkanes of at least 4 members (excludes halogenated alkanes) is 5. The molecule has 0 aromatic carbocycles. The van der Waals surface area contributed by atoms with E-state index in [1.807, 2.05) is 6.92 Å². The minimum atomic E-state index is -0.0521. The lowest BCUT2D eigenvalue weighted by molar-refractivity contribution is -0.150. The van der Waals surface area contributed by atoms with E-state index in [0.717, 1.165) is 38.5 Å². The molecule has 0 aromatic heterocycles. The van der Waals surface area contributed by atoms with Crippen molar-refractivity contribution in [1.82, 2.24) is 0 Å². The van der Waals surface area contributed by atoms with Gasteiger partial charge in [0.25, 0.3) is 0 Å². The van der Waals surface area contributed by atoms with Crippen LogP contribution >= 0.6 is 0 Å². The molecule has 2 unspecified atom stereocenters. The quantitative estimate of drug-likeness (QED) is 0.206. The van der Waals surface area contributed by atoms with Gasteiger partial charge in [-0.3, -0.25) is 9.59 Å². The van der Waals surface area contributed by atoms with Crippen LogP contribution in [0.3, 0.4) is 0 Å². The number of rotatable bonds is 17. The van der Waals surface area contributed by atoms with Crippen molar-refractivity contribution in [2.75, 3.05) is 13.2 Å². The molecule has 0 aliphatic rings. The summed E-state index contributed by atoms with van der Waals surface area (Å²) in [6.07, 6.45) is 10.2. The van der Waals surface area contributed by atoms with Gasteiger partial charge in [-0.05, 0) is 43.4 Å². The van der Waals surface area contributed by atoms with Crippen LogP contribution in [0.4, 0.5) is 0 Å². The molecule has 0 heterocycles. The number of esters is 2. The summed E-state index contributed by atoms with van der Waals surface area (Å²) in [6, 6.07) is 0. The summed E-state index contributed by atoms with van der Waals surface area (Å²) in [5, 5.41) is 0. The Balaban J connectivity index is 3.58. The molecule has 0 saturated carbocycles. The first-order chi connectivity index (χ1) is 13.2. The molecular weight excluding hydrogens is 352 g/mol. The van der Waals surface area contributed by atoms with Gasteiger partial charge in [0.1, 0.15) is 0 Å². The number of ether oxygens (including phenoxy) is 2. The third kappa shape index (κ3) is 15.9. The van der Waals surface area contributed by atoms with E-state index in [1.54, 1.807) is 0 Å². The summed E-state index contributed by atoms with van der Waals surface area (Å²) in [5.74, 6) is 1.39. The Kier molecular flexibility index (Phi) is 16.2. The normalized spacial score (nSPS) is 13.6. The van der Waals surface area contributed by atoms with Crippen molar-refractivity contribution in [3.63, 3.8) is 0 Å². The van der Waals surface area contributed by atoms with Crippen LogP contribution in [0.5, 0.6) is 0 Å². The van der Waals surface area contributed by atoms with Crippen molar-refractivity contribution in [2.24, 2.45) is 23.7 Å². The van der Waals surface area contributed by atoms with Crippen molar-refractivity contribution in [3.05, 3.63) is 0 Å².